The number of alkyl halides is 8. The molecule has 0 spiro atoms. The molecule has 2 aromatic heterocycles. The minimum atomic E-state index is -2.88. The maximum absolute atomic E-state index is 14.1. The van der Waals surface area contributed by atoms with Gasteiger partial charge in [0.15, 0.2) is 18.5 Å². The Labute approximate surface area is 246 Å². The summed E-state index contributed by atoms with van der Waals surface area (Å²) >= 11 is 0. The molecular formula is C27H31F8N7O2. The van der Waals surface area contributed by atoms with Crippen molar-refractivity contribution in [3.8, 4) is 0 Å². The minimum Gasteiger partial charge on any atom is -0.347 e. The van der Waals surface area contributed by atoms with Crippen molar-refractivity contribution < 1.29 is 44.7 Å². The summed E-state index contributed by atoms with van der Waals surface area (Å²) in [4.78, 5) is 32.8. The van der Waals surface area contributed by atoms with Crippen LogP contribution in [0, 0.1) is 5.92 Å². The highest BCUT2D eigenvalue weighted by molar-refractivity contribution is 5.92. The van der Waals surface area contributed by atoms with Crippen LogP contribution in [-0.2, 0) is 11.3 Å². The molecule has 1 aliphatic rings. The molecule has 2 amide bonds. The van der Waals surface area contributed by atoms with E-state index >= 15 is 0 Å². The van der Waals surface area contributed by atoms with Crippen molar-refractivity contribution in [1.82, 2.24) is 35.6 Å². The number of rotatable bonds is 13. The molecule has 44 heavy (non-hydrogen) atoms. The number of aromatic amines is 1. The number of amides is 2. The Morgan fingerprint density at radius 2 is 1.73 bits per heavy atom. The molecule has 3 N–H and O–H groups in total. The second-order valence-electron chi connectivity index (χ2n) is 10.8. The average molecular weight is 638 g/mol. The number of fused-ring (bicyclic) bond motifs is 1. The first-order chi connectivity index (χ1) is 20.8. The number of halogens is 8. The van der Waals surface area contributed by atoms with Gasteiger partial charge in [-0.25, -0.2) is 44.8 Å². The van der Waals surface area contributed by atoms with Gasteiger partial charge in [0.25, 0.3) is 11.8 Å². The molecule has 17 heteroatoms. The topological polar surface area (TPSA) is 118 Å². The van der Waals surface area contributed by atoms with Crippen LogP contribution in [0.15, 0.2) is 24.4 Å². The largest absolute Gasteiger partial charge is 0.347 e. The van der Waals surface area contributed by atoms with Gasteiger partial charge in [-0.3, -0.25) is 9.59 Å². The van der Waals surface area contributed by atoms with Crippen LogP contribution in [0.25, 0.3) is 11.0 Å². The zero-order valence-electron chi connectivity index (χ0n) is 23.4. The molecule has 0 bridgehead atoms. The highest BCUT2D eigenvalue weighted by atomic mass is 19.3. The molecule has 0 saturated heterocycles. The third kappa shape index (κ3) is 7.64. The van der Waals surface area contributed by atoms with Gasteiger partial charge in [-0.15, -0.1) is 5.10 Å². The van der Waals surface area contributed by atoms with E-state index in [-0.39, 0.29) is 24.4 Å². The van der Waals surface area contributed by atoms with Crippen molar-refractivity contribution in [2.75, 3.05) is 13.3 Å². The van der Waals surface area contributed by atoms with E-state index in [2.05, 4.69) is 30.9 Å². The lowest BCUT2D eigenvalue weighted by molar-refractivity contribution is -0.129. The van der Waals surface area contributed by atoms with Crippen LogP contribution >= 0.6 is 0 Å². The molecule has 4 rings (SSSR count). The van der Waals surface area contributed by atoms with E-state index < -0.39 is 93.2 Å². The summed E-state index contributed by atoms with van der Waals surface area (Å²) in [5.41, 5.74) is 0.953. The van der Waals surface area contributed by atoms with Crippen molar-refractivity contribution in [2.24, 2.45) is 5.92 Å². The van der Waals surface area contributed by atoms with Crippen LogP contribution in [0.2, 0.25) is 0 Å². The first-order valence-corrected chi connectivity index (χ1v) is 13.9. The van der Waals surface area contributed by atoms with Crippen molar-refractivity contribution in [3.05, 3.63) is 41.5 Å². The number of benzene rings is 1. The molecule has 1 aromatic carbocycles. The van der Waals surface area contributed by atoms with Crippen molar-refractivity contribution >= 4 is 22.8 Å². The number of imidazole rings is 1. The zero-order chi connectivity index (χ0) is 32.2. The quantitative estimate of drug-likeness (QED) is 0.230. The zero-order valence-corrected chi connectivity index (χ0v) is 23.4. The smallest absolute Gasteiger partial charge is 0.271 e. The summed E-state index contributed by atoms with van der Waals surface area (Å²) in [5, 5.41) is 12.1. The fourth-order valence-electron chi connectivity index (χ4n) is 5.05. The summed E-state index contributed by atoms with van der Waals surface area (Å²) in [6, 6.07) is 2.87. The van der Waals surface area contributed by atoms with E-state index in [0.717, 1.165) is 10.9 Å². The van der Waals surface area contributed by atoms with Gasteiger partial charge < -0.3 is 15.6 Å². The van der Waals surface area contributed by atoms with Crippen LogP contribution in [0.5, 0.6) is 0 Å². The predicted molar refractivity (Wildman–Crippen MR) is 141 cm³/mol. The molecule has 9 nitrogen and oxygen atoms in total. The number of hydrogen-bond donors (Lipinski definition) is 3. The van der Waals surface area contributed by atoms with Crippen LogP contribution in [-0.4, -0.2) is 80.7 Å². The van der Waals surface area contributed by atoms with E-state index in [1.807, 2.05) is 0 Å². The molecule has 2 heterocycles. The molecule has 1 aliphatic carbocycles. The minimum absolute atomic E-state index is 0.0201. The fourth-order valence-corrected chi connectivity index (χ4v) is 5.05. The number of hydrogen-bond acceptors (Lipinski definition) is 5. The monoisotopic (exact) mass is 637 g/mol. The summed E-state index contributed by atoms with van der Waals surface area (Å²) in [5.74, 6) is -5.37. The van der Waals surface area contributed by atoms with Gasteiger partial charge in [0, 0.05) is 12.8 Å². The number of nitrogens with zero attached hydrogens (tertiary/aromatic N) is 4. The number of aromatic nitrogens is 5. The van der Waals surface area contributed by atoms with Crippen LogP contribution in [0.4, 0.5) is 35.1 Å². The molecule has 4 unspecified atom stereocenters. The molecular weight excluding hydrogens is 606 g/mol. The fraction of sp³-hybridized carbons (Fsp3) is 0.593. The van der Waals surface area contributed by atoms with Crippen molar-refractivity contribution in [1.29, 1.82) is 0 Å². The Balaban J connectivity index is 1.58. The number of carbonyl (C=O) groups is 2. The van der Waals surface area contributed by atoms with Gasteiger partial charge in [-0.1, -0.05) is 11.3 Å². The van der Waals surface area contributed by atoms with E-state index in [0.29, 0.717) is 16.6 Å². The Morgan fingerprint density at radius 1 is 1.05 bits per heavy atom. The Morgan fingerprint density at radius 3 is 2.39 bits per heavy atom. The first-order valence-electron chi connectivity index (χ1n) is 13.9. The summed E-state index contributed by atoms with van der Waals surface area (Å²) < 4.78 is 108. The summed E-state index contributed by atoms with van der Waals surface area (Å²) in [6.45, 7) is -2.53. The molecule has 1 saturated carbocycles. The Kier molecular flexibility index (Phi) is 10.4. The van der Waals surface area contributed by atoms with Gasteiger partial charge in [-0.2, -0.15) is 0 Å². The summed E-state index contributed by atoms with van der Waals surface area (Å²) in [6.07, 6.45) is -9.87. The Hall–Kier alpha value is -3.79. The Bertz CT molecular complexity index is 1430. The number of H-pyrrole nitrogens is 1. The van der Waals surface area contributed by atoms with Gasteiger partial charge in [0.05, 0.1) is 35.9 Å². The third-order valence-corrected chi connectivity index (χ3v) is 7.65. The van der Waals surface area contributed by atoms with E-state index in [4.69, 9.17) is 0 Å². The maximum Gasteiger partial charge on any atom is 0.271 e. The molecule has 1 fully saturated rings. The first kappa shape index (κ1) is 33.1. The van der Waals surface area contributed by atoms with Gasteiger partial charge in [0.1, 0.15) is 24.9 Å². The normalized spacial score (nSPS) is 19.6. The highest BCUT2D eigenvalue weighted by Crippen LogP contribution is 2.41. The van der Waals surface area contributed by atoms with Crippen LogP contribution in [0.3, 0.4) is 0 Å². The molecule has 3 aromatic rings. The molecule has 0 aliphatic heterocycles. The highest BCUT2D eigenvalue weighted by Gasteiger charge is 2.40. The SMILES string of the molecule is C[C@@H](NC(=O)C(F)C(F)CF)c1ccc2nc([C@@H](NC(=O)c3cnnn3CC(F)C(F)CF)C3CCC(F)(F)CC3)[nH]c2c1. The maximum atomic E-state index is 14.1. The van der Waals surface area contributed by atoms with Crippen LogP contribution in [0.1, 0.15) is 66.6 Å². The van der Waals surface area contributed by atoms with Crippen molar-refractivity contribution in [3.63, 3.8) is 0 Å². The summed E-state index contributed by atoms with van der Waals surface area (Å²) in [7, 11) is 0. The van der Waals surface area contributed by atoms with Crippen molar-refractivity contribution in [2.45, 2.75) is 81.8 Å². The number of carbonyl (C=O) groups excluding carboxylic acids is 2. The standard InChI is InChI=1S/C27H31F8N7O2/c1-13(37-26(44)22(33)17(31)10-29)15-2-3-19-20(8-15)39-24(38-19)23(14-4-6-27(34,35)7-5-14)40-25(43)21-11-36-41-42(21)12-18(32)16(30)9-28/h2-3,8,11,13-14,16-18,22-23H,4-7,9-10,12H2,1H3,(H,37,44)(H,38,39)(H,40,43)/t13-,16?,17?,18?,22?,23+/m1/s1. The lowest BCUT2D eigenvalue weighted by Gasteiger charge is -2.33. The van der Waals surface area contributed by atoms with Gasteiger partial charge in [-0.05, 0) is 43.4 Å². The van der Waals surface area contributed by atoms with Gasteiger partial charge in [0.2, 0.25) is 12.1 Å². The van der Waals surface area contributed by atoms with E-state index in [9.17, 15) is 44.7 Å². The average Bonchev–Trinajstić information content (AvgIpc) is 3.65. The molecule has 0 radical (unpaired) electrons. The predicted octanol–water partition coefficient (Wildman–Crippen LogP) is 4.92. The molecule has 242 valence electrons. The lowest BCUT2D eigenvalue weighted by Crippen LogP contribution is -2.39. The number of nitrogens with one attached hydrogen (secondary N) is 3. The van der Waals surface area contributed by atoms with E-state index in [1.54, 1.807) is 18.2 Å². The molecule has 6 atom stereocenters. The van der Waals surface area contributed by atoms with E-state index in [1.165, 1.54) is 6.92 Å². The second kappa shape index (κ2) is 13.9. The van der Waals surface area contributed by atoms with Crippen LogP contribution < -0.4 is 10.6 Å². The third-order valence-electron chi connectivity index (χ3n) is 7.65. The second-order valence-corrected chi connectivity index (χ2v) is 10.8. The van der Waals surface area contributed by atoms with Gasteiger partial charge >= 0.3 is 0 Å². The lowest BCUT2D eigenvalue weighted by atomic mass is 9.81.